The van der Waals surface area contributed by atoms with Gasteiger partial charge in [0, 0.05) is 28.3 Å². The predicted molar refractivity (Wildman–Crippen MR) is 154 cm³/mol. The van der Waals surface area contributed by atoms with Crippen LogP contribution in [0.15, 0.2) is 42.6 Å². The summed E-state index contributed by atoms with van der Waals surface area (Å²) in [5.74, 6) is -3.97. The maximum absolute atomic E-state index is 14.8. The van der Waals surface area contributed by atoms with Crippen LogP contribution in [0.25, 0.3) is 22.2 Å². The number of methoxy groups -OCH3 is 1. The third kappa shape index (κ3) is 5.44. The Kier molecular flexibility index (Phi) is 7.61. The number of carbonyl (C=O) groups is 2. The van der Waals surface area contributed by atoms with Crippen molar-refractivity contribution in [2.45, 2.75) is 49.2 Å². The summed E-state index contributed by atoms with van der Waals surface area (Å²) in [5, 5.41) is 18.2. The van der Waals surface area contributed by atoms with Gasteiger partial charge in [-0.05, 0) is 56.2 Å². The van der Waals surface area contributed by atoms with Crippen molar-refractivity contribution in [2.24, 2.45) is 5.73 Å². The summed E-state index contributed by atoms with van der Waals surface area (Å²) < 4.78 is 112. The zero-order valence-corrected chi connectivity index (χ0v) is 25.1. The third-order valence-electron chi connectivity index (χ3n) is 8.55. The van der Waals surface area contributed by atoms with Gasteiger partial charge in [-0.25, -0.2) is 9.37 Å². The molecule has 4 aromatic rings. The Labute approximate surface area is 266 Å². The molecule has 10 nitrogen and oxygen atoms in total. The number of aromatic nitrogens is 3. The highest BCUT2D eigenvalue weighted by Gasteiger charge is 2.58. The maximum atomic E-state index is 14.8. The van der Waals surface area contributed by atoms with Crippen molar-refractivity contribution in [3.8, 4) is 22.8 Å². The summed E-state index contributed by atoms with van der Waals surface area (Å²) in [4.78, 5) is 29.5. The first-order valence-corrected chi connectivity index (χ1v) is 14.4. The molecule has 1 fully saturated rings. The van der Waals surface area contributed by atoms with Crippen LogP contribution in [-0.4, -0.2) is 58.1 Å². The van der Waals surface area contributed by atoms with E-state index in [1.165, 1.54) is 26.2 Å². The summed E-state index contributed by atoms with van der Waals surface area (Å²) in [6.07, 6.45) is -7.25. The van der Waals surface area contributed by atoms with Gasteiger partial charge >= 0.3 is 12.4 Å². The number of nitrogens with one attached hydrogen (secondary N) is 1. The molecular formula is C31H26F7N5O5. The number of amides is 2. The number of aliphatic hydroxyl groups is 1. The summed E-state index contributed by atoms with van der Waals surface area (Å²) in [7, 11) is 1.33. The van der Waals surface area contributed by atoms with E-state index in [1.807, 2.05) is 0 Å². The van der Waals surface area contributed by atoms with Crippen LogP contribution in [0.3, 0.4) is 0 Å². The molecule has 1 aliphatic carbocycles. The fourth-order valence-corrected chi connectivity index (χ4v) is 5.47. The Balaban J connectivity index is 1.43. The predicted octanol–water partition coefficient (Wildman–Crippen LogP) is 4.92. The number of rotatable bonds is 8. The van der Waals surface area contributed by atoms with Crippen molar-refractivity contribution in [3.63, 3.8) is 0 Å². The number of nitrogens with zero attached hydrogens (tertiary/aromatic N) is 3. The molecule has 1 aliphatic heterocycles. The molecule has 2 atom stereocenters. The molecule has 3 heterocycles. The monoisotopic (exact) mass is 681 g/mol. The van der Waals surface area contributed by atoms with E-state index in [0.717, 1.165) is 18.9 Å². The Bertz CT molecular complexity index is 1970. The SMILES string of the molecule is COc1cc(C(=O)NC[C@](O)(c2cc3c(c(-c4ccc(F)c(C(F)(F)F)c4)n2)OC[C@]3(C)C(N)=O)C(F)(F)F)cc2cn(C3CC3)nc12. The van der Waals surface area contributed by atoms with Crippen LogP contribution in [-0.2, 0) is 22.0 Å². The van der Waals surface area contributed by atoms with Gasteiger partial charge in [-0.1, -0.05) is 0 Å². The lowest BCUT2D eigenvalue weighted by molar-refractivity contribution is -0.265. The number of ether oxygens (including phenoxy) is 2. The van der Waals surface area contributed by atoms with Gasteiger partial charge in [0.25, 0.3) is 5.91 Å². The van der Waals surface area contributed by atoms with E-state index in [4.69, 9.17) is 15.2 Å². The van der Waals surface area contributed by atoms with E-state index in [9.17, 15) is 45.4 Å². The van der Waals surface area contributed by atoms with Gasteiger partial charge < -0.3 is 25.6 Å². The van der Waals surface area contributed by atoms with Crippen molar-refractivity contribution < 1.29 is 54.9 Å². The summed E-state index contributed by atoms with van der Waals surface area (Å²) in [6.45, 7) is -0.816. The van der Waals surface area contributed by atoms with Crippen molar-refractivity contribution in [2.75, 3.05) is 20.3 Å². The number of benzene rings is 2. The fraction of sp³-hybridized carbons (Fsp3) is 0.355. The number of hydrogen-bond acceptors (Lipinski definition) is 7. The highest BCUT2D eigenvalue weighted by atomic mass is 19.4. The van der Waals surface area contributed by atoms with E-state index in [0.29, 0.717) is 29.1 Å². The molecule has 254 valence electrons. The number of hydrogen-bond donors (Lipinski definition) is 3. The standard InChI is InChI=1S/C31H26F7N5O5/c1-28(27(39)45)13-48-25-19(28)10-22(41-24(25)14-3-6-20(32)18(8-14)30(33,34)35)29(46,31(36,37)38)12-40-26(44)15-7-16-11-43(17-4-5-17)42-23(16)21(9-15)47-2/h3,6-11,17,46H,4-5,12-13H2,1-2H3,(H2,39,45)(H,40,44)/t28-,29-/m0/s1. The Hall–Kier alpha value is -4.93. The number of fused-ring (bicyclic) bond motifs is 2. The first-order valence-electron chi connectivity index (χ1n) is 14.4. The topological polar surface area (TPSA) is 142 Å². The van der Waals surface area contributed by atoms with Crippen LogP contribution in [0.5, 0.6) is 11.5 Å². The van der Waals surface area contributed by atoms with Gasteiger partial charge in [-0.3, -0.25) is 14.3 Å². The number of pyridine rings is 1. The summed E-state index contributed by atoms with van der Waals surface area (Å²) in [5.41, 5.74) is -4.38. The minimum absolute atomic E-state index is 0.123. The van der Waals surface area contributed by atoms with E-state index >= 15 is 0 Å². The van der Waals surface area contributed by atoms with E-state index in [-0.39, 0.29) is 28.7 Å². The molecule has 48 heavy (non-hydrogen) atoms. The lowest BCUT2D eigenvalue weighted by atomic mass is 9.81. The van der Waals surface area contributed by atoms with E-state index in [2.05, 4.69) is 15.4 Å². The molecule has 1 saturated carbocycles. The second kappa shape index (κ2) is 11.1. The van der Waals surface area contributed by atoms with Gasteiger partial charge in [-0.2, -0.15) is 31.4 Å². The zero-order valence-electron chi connectivity index (χ0n) is 25.1. The molecule has 0 bridgehead atoms. The van der Waals surface area contributed by atoms with Crippen LogP contribution >= 0.6 is 0 Å². The van der Waals surface area contributed by atoms with Gasteiger partial charge in [0.2, 0.25) is 11.5 Å². The van der Waals surface area contributed by atoms with Gasteiger partial charge in [0.1, 0.15) is 40.5 Å². The minimum atomic E-state index is -5.55. The minimum Gasteiger partial charge on any atom is -0.494 e. The van der Waals surface area contributed by atoms with Crippen LogP contribution in [0, 0.1) is 5.82 Å². The lowest BCUT2D eigenvalue weighted by Crippen LogP contribution is -2.51. The van der Waals surface area contributed by atoms with Crippen molar-refractivity contribution in [1.82, 2.24) is 20.1 Å². The average molecular weight is 682 g/mol. The smallest absolute Gasteiger partial charge is 0.424 e. The number of carbonyl (C=O) groups excluding carboxylic acids is 2. The molecule has 0 unspecified atom stereocenters. The highest BCUT2D eigenvalue weighted by Crippen LogP contribution is 2.48. The molecule has 4 N–H and O–H groups in total. The summed E-state index contributed by atoms with van der Waals surface area (Å²) >= 11 is 0. The Morgan fingerprint density at radius 2 is 1.85 bits per heavy atom. The molecule has 2 aliphatic rings. The molecule has 0 spiro atoms. The molecule has 6 rings (SSSR count). The van der Waals surface area contributed by atoms with Crippen LogP contribution < -0.4 is 20.5 Å². The highest BCUT2D eigenvalue weighted by molar-refractivity contribution is 6.00. The number of halogens is 7. The molecule has 0 saturated heterocycles. The molecule has 2 aromatic heterocycles. The fourth-order valence-electron chi connectivity index (χ4n) is 5.47. The first-order chi connectivity index (χ1) is 22.4. The van der Waals surface area contributed by atoms with Gasteiger partial charge in [0.05, 0.1) is 31.0 Å². The first kappa shape index (κ1) is 33.0. The maximum Gasteiger partial charge on any atom is 0.424 e. The quantitative estimate of drug-likeness (QED) is 0.225. The molecule has 2 amide bonds. The van der Waals surface area contributed by atoms with Crippen LogP contribution in [0.4, 0.5) is 30.7 Å². The van der Waals surface area contributed by atoms with Gasteiger partial charge in [0.15, 0.2) is 0 Å². The van der Waals surface area contributed by atoms with Crippen LogP contribution in [0.2, 0.25) is 0 Å². The average Bonchev–Trinajstić information content (AvgIpc) is 3.69. The third-order valence-corrected chi connectivity index (χ3v) is 8.55. The number of nitrogens with two attached hydrogens (primary N) is 1. The van der Waals surface area contributed by atoms with Crippen molar-refractivity contribution in [1.29, 1.82) is 0 Å². The second-order valence-electron chi connectivity index (χ2n) is 11.9. The molecule has 2 aromatic carbocycles. The molecule has 0 radical (unpaired) electrons. The zero-order chi connectivity index (χ0) is 35.0. The molecular weight excluding hydrogens is 655 g/mol. The second-order valence-corrected chi connectivity index (χ2v) is 11.9. The number of alkyl halides is 6. The lowest BCUT2D eigenvalue weighted by Gasteiger charge is -2.31. The van der Waals surface area contributed by atoms with Crippen molar-refractivity contribution in [3.05, 3.63) is 70.8 Å². The largest absolute Gasteiger partial charge is 0.494 e. The Morgan fingerprint density at radius 1 is 1.15 bits per heavy atom. The van der Waals surface area contributed by atoms with E-state index < -0.39 is 76.7 Å². The van der Waals surface area contributed by atoms with E-state index in [1.54, 1.807) is 10.9 Å². The van der Waals surface area contributed by atoms with Crippen LogP contribution in [0.1, 0.15) is 53.0 Å². The molecule has 17 heteroatoms. The number of primary amides is 1. The normalized spacial score (nSPS) is 19.0. The Morgan fingerprint density at radius 3 is 2.46 bits per heavy atom. The summed E-state index contributed by atoms with van der Waals surface area (Å²) in [6, 6.07) is 5.12. The van der Waals surface area contributed by atoms with Crippen molar-refractivity contribution >= 4 is 22.7 Å². The van der Waals surface area contributed by atoms with Gasteiger partial charge in [-0.15, -0.1) is 0 Å².